The molecule has 2 aromatic rings. The summed E-state index contributed by atoms with van der Waals surface area (Å²) in [5.41, 5.74) is 1.87. The molecule has 2 aromatic carbocycles. The predicted molar refractivity (Wildman–Crippen MR) is 75.3 cm³/mol. The van der Waals surface area contributed by atoms with Gasteiger partial charge in [0.2, 0.25) is 0 Å². The van der Waals surface area contributed by atoms with Gasteiger partial charge in [-0.05, 0) is 0 Å². The molecule has 1 aliphatic heterocycles. The first-order valence-electron chi connectivity index (χ1n) is 7.18. The van der Waals surface area contributed by atoms with E-state index in [9.17, 15) is 7.65 Å². The maximum atomic E-state index is 12.8. The summed E-state index contributed by atoms with van der Waals surface area (Å²) >= 11 is -1.41. The average Bonchev–Trinajstić information content (AvgIpc) is 3.16. The van der Waals surface area contributed by atoms with Crippen molar-refractivity contribution in [3.63, 3.8) is 0 Å². The number of carboxylic acid groups (broad SMARTS) is 1. The summed E-state index contributed by atoms with van der Waals surface area (Å²) < 4.78 is 24.9. The van der Waals surface area contributed by atoms with Crippen LogP contribution < -0.4 is 31.3 Å². The van der Waals surface area contributed by atoms with Crippen LogP contribution in [-0.4, -0.2) is 17.2 Å². The molecule has 23 heavy (non-hydrogen) atoms. The second kappa shape index (κ2) is 5.67. The molecule has 0 bridgehead atoms. The number of hydrogen-bond donors (Lipinski definition) is 1. The molecule has 6 heteroatoms. The van der Waals surface area contributed by atoms with Crippen LogP contribution in [0.5, 0.6) is 11.5 Å². The van der Waals surface area contributed by atoms with E-state index < -0.39 is 33.7 Å². The van der Waals surface area contributed by atoms with Crippen molar-refractivity contribution in [1.29, 1.82) is 0 Å². The quantitative estimate of drug-likeness (QED) is 0.682. The zero-order valence-corrected chi connectivity index (χ0v) is 14.1. The number of benzene rings is 2. The molecule has 4 rings (SSSR count). The van der Waals surface area contributed by atoms with Crippen LogP contribution in [0, 0.1) is 9.49 Å². The molecular formula is C17H13FIO4-. The first-order chi connectivity index (χ1) is 11.2. The van der Waals surface area contributed by atoms with Gasteiger partial charge in [0, 0.05) is 0 Å². The molecule has 4 nitrogen and oxygen atoms in total. The normalized spacial score (nSPS) is 23.8. The fourth-order valence-corrected chi connectivity index (χ4v) is 3.92. The number of halogens is 2. The summed E-state index contributed by atoms with van der Waals surface area (Å²) in [4.78, 5) is 11.0. The zero-order chi connectivity index (χ0) is 16.0. The van der Waals surface area contributed by atoms with E-state index in [1.54, 1.807) is 12.1 Å². The Morgan fingerprint density at radius 2 is 2.17 bits per heavy atom. The molecule has 0 aromatic heterocycles. The molecule has 2 aliphatic rings. The summed E-state index contributed by atoms with van der Waals surface area (Å²) in [6.45, 7) is 0.362. The molecule has 1 N–H and O–H groups in total. The standard InChI is InChI=1S/C17H13FIO4/c18-19-10-3-1-2-9(6-10)8-22-11-4-5-12-13(7-11)23-16-14(12)15(16)17(20)21/h1-7,14-16H,8H2,(H,20,21)/q-1/t14-,15-,16-/m1/s1. The third-order valence-electron chi connectivity index (χ3n) is 4.22. The minimum atomic E-state index is -1.41. The SMILES string of the molecule is O=C(O)[C@H]1[C@@H]2Oc3cc(OCc4cccc([I-]F)c4)ccc3[C@@H]21. The Morgan fingerprint density at radius 1 is 1.30 bits per heavy atom. The molecule has 0 unspecified atom stereocenters. The number of hydrogen-bond acceptors (Lipinski definition) is 3. The van der Waals surface area contributed by atoms with E-state index in [1.807, 2.05) is 30.3 Å². The van der Waals surface area contributed by atoms with Crippen molar-refractivity contribution in [1.82, 2.24) is 0 Å². The monoisotopic (exact) mass is 427 g/mol. The average molecular weight is 427 g/mol. The van der Waals surface area contributed by atoms with Crippen molar-refractivity contribution in [2.45, 2.75) is 18.6 Å². The van der Waals surface area contributed by atoms with E-state index in [1.165, 1.54) is 0 Å². The van der Waals surface area contributed by atoms with Crippen LogP contribution >= 0.6 is 0 Å². The van der Waals surface area contributed by atoms with Crippen LogP contribution in [0.15, 0.2) is 42.5 Å². The summed E-state index contributed by atoms with van der Waals surface area (Å²) in [5.74, 6) is 0.125. The summed E-state index contributed by atoms with van der Waals surface area (Å²) in [7, 11) is 0. The number of rotatable bonds is 5. The van der Waals surface area contributed by atoms with E-state index in [0.29, 0.717) is 18.1 Å². The summed E-state index contributed by atoms with van der Waals surface area (Å²) in [5, 5.41) is 9.06. The molecule has 1 saturated carbocycles. The molecule has 3 atom stereocenters. The summed E-state index contributed by atoms with van der Waals surface area (Å²) in [6.07, 6.45) is -0.233. The fourth-order valence-electron chi connectivity index (χ4n) is 3.06. The number of ether oxygens (including phenoxy) is 2. The molecular weight excluding hydrogens is 414 g/mol. The number of carbonyl (C=O) groups is 1. The number of carboxylic acids is 1. The van der Waals surface area contributed by atoms with Crippen LogP contribution in [-0.2, 0) is 11.4 Å². The van der Waals surface area contributed by atoms with Gasteiger partial charge in [-0.1, -0.05) is 0 Å². The van der Waals surface area contributed by atoms with Gasteiger partial charge in [0.1, 0.15) is 0 Å². The van der Waals surface area contributed by atoms with E-state index in [2.05, 4.69) is 0 Å². The minimum absolute atomic E-state index is 0.0262. The van der Waals surface area contributed by atoms with Crippen molar-refractivity contribution in [3.05, 3.63) is 57.2 Å². The molecule has 1 aliphatic carbocycles. The molecule has 0 radical (unpaired) electrons. The molecule has 0 spiro atoms. The van der Waals surface area contributed by atoms with Crippen LogP contribution in [0.25, 0.3) is 0 Å². The molecule has 1 heterocycles. The van der Waals surface area contributed by atoms with Gasteiger partial charge in [0.25, 0.3) is 0 Å². The Kier molecular flexibility index (Phi) is 3.63. The Balaban J connectivity index is 1.45. The van der Waals surface area contributed by atoms with Gasteiger partial charge < -0.3 is 5.11 Å². The van der Waals surface area contributed by atoms with Crippen LogP contribution in [0.2, 0.25) is 0 Å². The Morgan fingerprint density at radius 3 is 2.96 bits per heavy atom. The van der Waals surface area contributed by atoms with Gasteiger partial charge in [-0.25, -0.2) is 0 Å². The van der Waals surface area contributed by atoms with Gasteiger partial charge in [-0.2, -0.15) is 0 Å². The van der Waals surface area contributed by atoms with Gasteiger partial charge in [0.15, 0.2) is 0 Å². The Bertz CT molecular complexity index is 779. The third-order valence-corrected chi connectivity index (χ3v) is 5.37. The van der Waals surface area contributed by atoms with Gasteiger partial charge in [0.05, 0.1) is 0 Å². The van der Waals surface area contributed by atoms with Crippen molar-refractivity contribution in [2.75, 3.05) is 0 Å². The summed E-state index contributed by atoms with van der Waals surface area (Å²) in [6, 6.07) is 12.8. The number of aliphatic carboxylic acids is 1. The second-order valence-electron chi connectivity index (χ2n) is 5.66. The Labute approximate surface area is 143 Å². The first kappa shape index (κ1) is 14.7. The van der Waals surface area contributed by atoms with Crippen molar-refractivity contribution in [2.24, 2.45) is 5.92 Å². The number of fused-ring (bicyclic) bond motifs is 3. The van der Waals surface area contributed by atoms with Gasteiger partial charge in [-0.15, -0.1) is 0 Å². The van der Waals surface area contributed by atoms with Gasteiger partial charge >= 0.3 is 133 Å². The molecule has 120 valence electrons. The van der Waals surface area contributed by atoms with Crippen molar-refractivity contribution < 1.29 is 44.0 Å². The van der Waals surface area contributed by atoms with Gasteiger partial charge in [-0.3, -0.25) is 4.79 Å². The second-order valence-corrected chi connectivity index (χ2v) is 7.32. The van der Waals surface area contributed by atoms with E-state index in [-0.39, 0.29) is 12.0 Å². The Hall–Kier alpha value is -1.83. The van der Waals surface area contributed by atoms with Crippen molar-refractivity contribution in [3.8, 4) is 11.5 Å². The van der Waals surface area contributed by atoms with Crippen LogP contribution in [0.3, 0.4) is 0 Å². The van der Waals surface area contributed by atoms with Crippen LogP contribution in [0.4, 0.5) is 2.86 Å². The predicted octanol–water partition coefficient (Wildman–Crippen LogP) is -0.0323. The third kappa shape index (κ3) is 2.65. The van der Waals surface area contributed by atoms with Crippen molar-refractivity contribution >= 4 is 5.97 Å². The topological polar surface area (TPSA) is 55.8 Å². The first-order valence-corrected chi connectivity index (χ1v) is 9.08. The molecule has 1 fully saturated rings. The zero-order valence-electron chi connectivity index (χ0n) is 11.9. The van der Waals surface area contributed by atoms with E-state index >= 15 is 0 Å². The fraction of sp³-hybridized carbons (Fsp3) is 0.235. The van der Waals surface area contributed by atoms with E-state index in [0.717, 1.165) is 14.7 Å². The maximum absolute atomic E-state index is 12.8. The van der Waals surface area contributed by atoms with E-state index in [4.69, 9.17) is 14.6 Å². The van der Waals surface area contributed by atoms with Crippen LogP contribution in [0.1, 0.15) is 17.0 Å². The molecule has 0 saturated heterocycles. The molecule has 0 amide bonds.